The second-order valence-corrected chi connectivity index (χ2v) is 1.07. The first-order chi connectivity index (χ1) is 2.41. The van der Waals surface area contributed by atoms with Crippen molar-refractivity contribution in [1.29, 1.82) is 0 Å². The first-order valence-electron chi connectivity index (χ1n) is 1.16. The Labute approximate surface area is 44.3 Å². The molecular weight excluding hydrogens is 183 g/mol. The van der Waals surface area contributed by atoms with Crippen LogP contribution < -0.4 is 0 Å². The molecule has 0 heterocycles. The van der Waals surface area contributed by atoms with Crippen LogP contribution in [0.4, 0.5) is 0 Å². The molecule has 0 atom stereocenters. The highest BCUT2D eigenvalue weighted by atomic mass is 127. The van der Waals surface area contributed by atoms with Crippen molar-refractivity contribution >= 4 is 22.6 Å². The smallest absolute Gasteiger partial charge is 0.144 e. The van der Waals surface area contributed by atoms with Crippen LogP contribution in [0.25, 0.3) is 0 Å². The van der Waals surface area contributed by atoms with Gasteiger partial charge in [0.25, 0.3) is 0 Å². The fourth-order valence-electron chi connectivity index (χ4n) is 0.0345. The molecule has 0 aliphatic heterocycles. The number of alkyl halides is 1. The number of aliphatic hydroxyl groups is 1. The normalized spacial score (nSPS) is 8.40. The van der Waals surface area contributed by atoms with Crippen LogP contribution in [0.5, 0.6) is 0 Å². The first kappa shape index (κ1) is 5.65. The van der Waals surface area contributed by atoms with E-state index < -0.39 is 0 Å². The number of ether oxygens (including phenoxy) is 1. The van der Waals surface area contributed by atoms with Gasteiger partial charge in [-0.3, -0.25) is 0 Å². The van der Waals surface area contributed by atoms with E-state index in [-0.39, 0.29) is 6.79 Å². The Morgan fingerprint density at radius 1 is 1.80 bits per heavy atom. The van der Waals surface area contributed by atoms with Crippen molar-refractivity contribution in [2.24, 2.45) is 0 Å². The van der Waals surface area contributed by atoms with Gasteiger partial charge in [-0.05, 0) is 0 Å². The molecule has 0 aliphatic carbocycles. The summed E-state index contributed by atoms with van der Waals surface area (Å²) in [5, 5.41) is 7.84. The second-order valence-electron chi connectivity index (χ2n) is 0.442. The molecule has 0 aromatic rings. The zero-order valence-corrected chi connectivity index (χ0v) is 4.81. The van der Waals surface area contributed by atoms with Crippen molar-refractivity contribution in [3.05, 3.63) is 0 Å². The summed E-state index contributed by atoms with van der Waals surface area (Å²) in [4.78, 5) is 0. The summed E-state index contributed by atoms with van der Waals surface area (Å²) in [7, 11) is 0. The average molecular weight is 188 g/mol. The summed E-state index contributed by atoms with van der Waals surface area (Å²) >= 11 is 2.01. The lowest BCUT2D eigenvalue weighted by Gasteiger charge is -1.84. The molecule has 0 fully saturated rings. The maximum atomic E-state index is 7.84. The number of hydrogen-bond donors (Lipinski definition) is 1. The molecule has 0 aliphatic rings. The summed E-state index contributed by atoms with van der Waals surface area (Å²) in [5.74, 6) is 0. The molecule has 5 heavy (non-hydrogen) atoms. The van der Waals surface area contributed by atoms with Gasteiger partial charge in [0.15, 0.2) is 0 Å². The third kappa shape index (κ3) is 4.65. The lowest BCUT2D eigenvalue weighted by molar-refractivity contribution is 0.0283. The Kier molecular flexibility index (Phi) is 5.25. The molecule has 0 aromatic heterocycles. The summed E-state index contributed by atoms with van der Waals surface area (Å²) in [6.07, 6.45) is 0. The number of aliphatic hydroxyl groups excluding tert-OH is 1. The van der Waals surface area contributed by atoms with Crippen molar-refractivity contribution in [3.63, 3.8) is 0 Å². The highest BCUT2D eigenvalue weighted by Gasteiger charge is 1.66. The Balaban J connectivity index is 2.19. The van der Waals surface area contributed by atoms with E-state index in [1.54, 1.807) is 0 Å². The molecule has 32 valence electrons. The molecule has 0 saturated heterocycles. The molecule has 0 rings (SSSR count). The molecule has 0 bridgehead atoms. The Hall–Kier alpha value is 0.650. The molecule has 0 spiro atoms. The average Bonchev–Trinajstić information content (AvgIpc) is 1.41. The van der Waals surface area contributed by atoms with Crippen LogP contribution in [-0.4, -0.2) is 16.5 Å². The maximum Gasteiger partial charge on any atom is 0.144 e. The van der Waals surface area contributed by atoms with E-state index in [2.05, 4.69) is 4.74 Å². The van der Waals surface area contributed by atoms with Crippen LogP contribution in [0.3, 0.4) is 0 Å². The highest BCUT2D eigenvalue weighted by molar-refractivity contribution is 14.1. The molecular formula is C2H5IO2. The quantitative estimate of drug-likeness (QED) is 0.384. The van der Waals surface area contributed by atoms with Gasteiger partial charge in [0.1, 0.15) is 11.4 Å². The third-order valence-electron chi connectivity index (χ3n) is 0.168. The van der Waals surface area contributed by atoms with Gasteiger partial charge in [0, 0.05) is 0 Å². The van der Waals surface area contributed by atoms with Crippen LogP contribution in [0.15, 0.2) is 0 Å². The minimum atomic E-state index is -0.164. The van der Waals surface area contributed by atoms with Crippen LogP contribution in [0.1, 0.15) is 0 Å². The molecule has 2 nitrogen and oxygen atoms in total. The monoisotopic (exact) mass is 188 g/mol. The number of halogens is 1. The second kappa shape index (κ2) is 4.65. The fourth-order valence-corrected chi connectivity index (χ4v) is 0.231. The topological polar surface area (TPSA) is 29.5 Å². The predicted octanol–water partition coefficient (Wildman–Crippen LogP) is 0.345. The maximum absolute atomic E-state index is 7.84. The summed E-state index contributed by atoms with van der Waals surface area (Å²) in [5.41, 5.74) is 0. The van der Waals surface area contributed by atoms with Crippen LogP contribution in [0.2, 0.25) is 0 Å². The fraction of sp³-hybridized carbons (Fsp3) is 1.00. The van der Waals surface area contributed by atoms with Gasteiger partial charge in [-0.15, -0.1) is 0 Å². The molecule has 0 amide bonds. The molecule has 0 radical (unpaired) electrons. The summed E-state index contributed by atoms with van der Waals surface area (Å²) in [6, 6.07) is 0. The molecule has 0 aromatic carbocycles. The van der Waals surface area contributed by atoms with Crippen LogP contribution in [0, 0.1) is 0 Å². The van der Waals surface area contributed by atoms with Crippen molar-refractivity contribution in [1.82, 2.24) is 0 Å². The SMILES string of the molecule is OCOCI. The third-order valence-corrected chi connectivity index (χ3v) is 0.609. The van der Waals surface area contributed by atoms with Gasteiger partial charge < -0.3 is 9.84 Å². The lowest BCUT2D eigenvalue weighted by Crippen LogP contribution is -1.85. The largest absolute Gasteiger partial charge is 0.371 e. The van der Waals surface area contributed by atoms with Gasteiger partial charge >= 0.3 is 0 Å². The Bertz CT molecular complexity index is 15.1. The van der Waals surface area contributed by atoms with Gasteiger partial charge in [0.2, 0.25) is 0 Å². The number of hydrogen-bond acceptors (Lipinski definition) is 2. The van der Waals surface area contributed by atoms with E-state index in [1.807, 2.05) is 22.6 Å². The Morgan fingerprint density at radius 2 is 2.40 bits per heavy atom. The van der Waals surface area contributed by atoms with Crippen molar-refractivity contribution < 1.29 is 9.84 Å². The predicted molar refractivity (Wildman–Crippen MR) is 27.1 cm³/mol. The highest BCUT2D eigenvalue weighted by Crippen LogP contribution is 1.78. The molecule has 0 unspecified atom stereocenters. The van der Waals surface area contributed by atoms with Crippen molar-refractivity contribution in [2.45, 2.75) is 0 Å². The van der Waals surface area contributed by atoms with Gasteiger partial charge in [-0.2, -0.15) is 0 Å². The van der Waals surface area contributed by atoms with E-state index in [9.17, 15) is 0 Å². The summed E-state index contributed by atoms with van der Waals surface area (Å²) < 4.78 is 4.94. The van der Waals surface area contributed by atoms with E-state index >= 15 is 0 Å². The number of rotatable bonds is 2. The van der Waals surface area contributed by atoms with Crippen molar-refractivity contribution in [3.8, 4) is 0 Å². The molecule has 3 heteroatoms. The first-order valence-corrected chi connectivity index (χ1v) is 2.69. The van der Waals surface area contributed by atoms with E-state index in [0.29, 0.717) is 4.61 Å². The van der Waals surface area contributed by atoms with Crippen LogP contribution >= 0.6 is 22.6 Å². The zero-order valence-electron chi connectivity index (χ0n) is 2.65. The van der Waals surface area contributed by atoms with E-state index in [4.69, 9.17) is 5.11 Å². The van der Waals surface area contributed by atoms with Gasteiger partial charge in [-0.1, -0.05) is 22.6 Å². The van der Waals surface area contributed by atoms with Crippen molar-refractivity contribution in [2.75, 3.05) is 11.4 Å². The zero-order chi connectivity index (χ0) is 4.12. The minimum absolute atomic E-state index is 0.164. The lowest BCUT2D eigenvalue weighted by atomic mass is 11.4. The Morgan fingerprint density at radius 3 is 2.40 bits per heavy atom. The standard InChI is InChI=1S/C2H5IO2/c3-1-5-2-4/h4H,1-2H2. The molecule has 1 N–H and O–H groups in total. The van der Waals surface area contributed by atoms with Crippen LogP contribution in [-0.2, 0) is 4.74 Å². The minimum Gasteiger partial charge on any atom is -0.371 e. The van der Waals surface area contributed by atoms with Gasteiger partial charge in [0.05, 0.1) is 0 Å². The van der Waals surface area contributed by atoms with E-state index in [0.717, 1.165) is 0 Å². The van der Waals surface area contributed by atoms with Gasteiger partial charge in [-0.25, -0.2) is 0 Å². The summed E-state index contributed by atoms with van der Waals surface area (Å²) in [6.45, 7) is -0.164. The molecule has 0 saturated carbocycles. The van der Waals surface area contributed by atoms with E-state index in [1.165, 1.54) is 0 Å².